The van der Waals surface area contributed by atoms with E-state index < -0.39 is 0 Å². The maximum atomic E-state index is 5.48. The molecule has 0 fully saturated rings. The van der Waals surface area contributed by atoms with Crippen LogP contribution in [0.15, 0.2) is 45.5 Å². The van der Waals surface area contributed by atoms with Gasteiger partial charge in [-0.05, 0) is 47.1 Å². The number of nitrogens with one attached hydrogen (secondary N) is 1. The fourth-order valence-corrected chi connectivity index (χ4v) is 2.30. The third kappa shape index (κ3) is 2.79. The first-order valence-electron chi connectivity index (χ1n) is 5.79. The quantitative estimate of drug-likeness (QED) is 0.905. The Bertz CT molecular complexity index is 492. The number of furan rings is 1. The van der Waals surface area contributed by atoms with Gasteiger partial charge in [0.15, 0.2) is 0 Å². The van der Waals surface area contributed by atoms with Crippen molar-refractivity contribution in [2.75, 3.05) is 6.54 Å². The molecule has 0 aliphatic heterocycles. The highest BCUT2D eigenvalue weighted by Crippen LogP contribution is 2.30. The zero-order valence-electron chi connectivity index (χ0n) is 10.0. The van der Waals surface area contributed by atoms with Crippen LogP contribution < -0.4 is 5.32 Å². The van der Waals surface area contributed by atoms with Crippen LogP contribution in [0.5, 0.6) is 0 Å². The Morgan fingerprint density at radius 2 is 2.18 bits per heavy atom. The van der Waals surface area contributed by atoms with E-state index in [-0.39, 0.29) is 0 Å². The second kappa shape index (κ2) is 5.52. The lowest BCUT2D eigenvalue weighted by atomic mass is 10.0. The van der Waals surface area contributed by atoms with Gasteiger partial charge in [0.25, 0.3) is 0 Å². The fraction of sp³-hybridized carbons (Fsp3) is 0.286. The highest BCUT2D eigenvalue weighted by Gasteiger charge is 2.09. The van der Waals surface area contributed by atoms with Gasteiger partial charge in [-0.15, -0.1) is 0 Å². The van der Waals surface area contributed by atoms with Crippen molar-refractivity contribution in [3.63, 3.8) is 0 Å². The van der Waals surface area contributed by atoms with E-state index in [0.717, 1.165) is 22.3 Å². The Hall–Kier alpha value is -1.06. The molecule has 0 radical (unpaired) electrons. The molecule has 17 heavy (non-hydrogen) atoms. The molecule has 3 heteroatoms. The molecule has 1 atom stereocenters. The number of hydrogen-bond acceptors (Lipinski definition) is 2. The molecule has 0 bridgehead atoms. The van der Waals surface area contributed by atoms with E-state index >= 15 is 0 Å². The van der Waals surface area contributed by atoms with Gasteiger partial charge < -0.3 is 9.73 Å². The molecule has 2 nitrogen and oxygen atoms in total. The summed E-state index contributed by atoms with van der Waals surface area (Å²) in [5.74, 6) is 0.885. The minimum Gasteiger partial charge on any atom is -0.463 e. The van der Waals surface area contributed by atoms with Crippen LogP contribution in [-0.4, -0.2) is 6.54 Å². The van der Waals surface area contributed by atoms with Crippen LogP contribution in [0, 0.1) is 0 Å². The Morgan fingerprint density at radius 1 is 1.35 bits per heavy atom. The Balaban J connectivity index is 2.32. The molecule has 1 aromatic carbocycles. The third-order valence-electron chi connectivity index (χ3n) is 2.78. The molecule has 0 saturated heterocycles. The van der Waals surface area contributed by atoms with E-state index in [1.54, 1.807) is 6.26 Å². The van der Waals surface area contributed by atoms with Crippen LogP contribution in [-0.2, 0) is 0 Å². The Kier molecular flexibility index (Phi) is 4.02. The lowest BCUT2D eigenvalue weighted by Crippen LogP contribution is -2.17. The summed E-state index contributed by atoms with van der Waals surface area (Å²) in [6, 6.07) is 10.7. The van der Waals surface area contributed by atoms with Gasteiger partial charge in [-0.2, -0.15) is 0 Å². The summed E-state index contributed by atoms with van der Waals surface area (Å²) < 4.78 is 6.47. The van der Waals surface area contributed by atoms with E-state index in [1.165, 1.54) is 5.56 Å². The van der Waals surface area contributed by atoms with Crippen LogP contribution in [0.3, 0.4) is 0 Å². The minimum atomic E-state index is 0.355. The van der Waals surface area contributed by atoms with Gasteiger partial charge in [-0.1, -0.05) is 25.1 Å². The highest BCUT2D eigenvalue weighted by atomic mass is 79.9. The van der Waals surface area contributed by atoms with Crippen molar-refractivity contribution >= 4 is 15.9 Å². The third-order valence-corrected chi connectivity index (χ3v) is 3.40. The van der Waals surface area contributed by atoms with E-state index in [1.807, 2.05) is 6.07 Å². The smallest absolute Gasteiger partial charge is 0.148 e. The van der Waals surface area contributed by atoms with Crippen LogP contribution in [0.25, 0.3) is 11.3 Å². The van der Waals surface area contributed by atoms with E-state index in [2.05, 4.69) is 59.4 Å². The van der Waals surface area contributed by atoms with Crippen molar-refractivity contribution < 1.29 is 4.42 Å². The van der Waals surface area contributed by atoms with Crippen LogP contribution in [0.4, 0.5) is 0 Å². The number of hydrogen-bond donors (Lipinski definition) is 1. The number of benzene rings is 1. The summed E-state index contributed by atoms with van der Waals surface area (Å²) in [7, 11) is 0. The summed E-state index contributed by atoms with van der Waals surface area (Å²) in [4.78, 5) is 0. The van der Waals surface area contributed by atoms with Crippen molar-refractivity contribution in [1.82, 2.24) is 5.32 Å². The largest absolute Gasteiger partial charge is 0.463 e. The van der Waals surface area contributed by atoms with Crippen molar-refractivity contribution in [1.29, 1.82) is 0 Å². The summed E-state index contributed by atoms with van der Waals surface area (Å²) in [6.07, 6.45) is 1.69. The second-order valence-electron chi connectivity index (χ2n) is 4.00. The first kappa shape index (κ1) is 12.4. The van der Waals surface area contributed by atoms with Gasteiger partial charge in [0, 0.05) is 11.6 Å². The lowest BCUT2D eigenvalue weighted by molar-refractivity contribution is 0.579. The van der Waals surface area contributed by atoms with E-state index in [9.17, 15) is 0 Å². The molecule has 1 N–H and O–H groups in total. The molecule has 1 heterocycles. The Morgan fingerprint density at radius 3 is 2.82 bits per heavy atom. The predicted molar refractivity (Wildman–Crippen MR) is 73.9 cm³/mol. The summed E-state index contributed by atoms with van der Waals surface area (Å²) in [5, 5.41) is 3.41. The number of halogens is 1. The summed E-state index contributed by atoms with van der Waals surface area (Å²) in [5.41, 5.74) is 2.37. The van der Waals surface area contributed by atoms with E-state index in [4.69, 9.17) is 4.42 Å². The van der Waals surface area contributed by atoms with Crippen molar-refractivity contribution in [2.24, 2.45) is 0 Å². The van der Waals surface area contributed by atoms with Crippen molar-refractivity contribution in [3.8, 4) is 11.3 Å². The van der Waals surface area contributed by atoms with Gasteiger partial charge in [-0.25, -0.2) is 0 Å². The molecule has 90 valence electrons. The maximum absolute atomic E-state index is 5.48. The fourth-order valence-electron chi connectivity index (χ4n) is 1.87. The minimum absolute atomic E-state index is 0.355. The molecule has 2 rings (SSSR count). The van der Waals surface area contributed by atoms with Gasteiger partial charge in [0.1, 0.15) is 5.76 Å². The lowest BCUT2D eigenvalue weighted by Gasteiger charge is -2.13. The average molecular weight is 294 g/mol. The molecular weight excluding hydrogens is 278 g/mol. The normalized spacial score (nSPS) is 12.6. The molecule has 2 aromatic rings. The molecule has 0 amide bonds. The molecule has 1 unspecified atom stereocenters. The van der Waals surface area contributed by atoms with Crippen molar-refractivity contribution in [3.05, 3.63) is 46.6 Å². The van der Waals surface area contributed by atoms with Gasteiger partial charge in [0.05, 0.1) is 10.7 Å². The van der Waals surface area contributed by atoms with Gasteiger partial charge in [-0.3, -0.25) is 0 Å². The zero-order valence-corrected chi connectivity index (χ0v) is 11.6. The maximum Gasteiger partial charge on any atom is 0.148 e. The molecule has 0 aliphatic rings. The first-order valence-corrected chi connectivity index (χ1v) is 6.58. The molecule has 1 aromatic heterocycles. The highest BCUT2D eigenvalue weighted by molar-refractivity contribution is 9.10. The second-order valence-corrected chi connectivity index (χ2v) is 4.86. The molecular formula is C14H16BrNO. The average Bonchev–Trinajstić information content (AvgIpc) is 2.76. The van der Waals surface area contributed by atoms with Crippen LogP contribution in [0.1, 0.15) is 25.5 Å². The number of rotatable bonds is 4. The monoisotopic (exact) mass is 293 g/mol. The zero-order chi connectivity index (χ0) is 12.3. The predicted octanol–water partition coefficient (Wildman–Crippen LogP) is 4.38. The molecule has 0 spiro atoms. The Labute approximate surface area is 110 Å². The van der Waals surface area contributed by atoms with Gasteiger partial charge >= 0.3 is 0 Å². The topological polar surface area (TPSA) is 25.2 Å². The molecule has 0 aliphatic carbocycles. The van der Waals surface area contributed by atoms with Crippen molar-refractivity contribution in [2.45, 2.75) is 19.9 Å². The first-order chi connectivity index (χ1) is 8.22. The summed E-state index contributed by atoms with van der Waals surface area (Å²) in [6.45, 7) is 5.25. The van der Waals surface area contributed by atoms with Crippen LogP contribution in [0.2, 0.25) is 0 Å². The van der Waals surface area contributed by atoms with E-state index in [0.29, 0.717) is 6.04 Å². The van der Waals surface area contributed by atoms with Gasteiger partial charge in [0.2, 0.25) is 0 Å². The summed E-state index contributed by atoms with van der Waals surface area (Å²) >= 11 is 3.49. The van der Waals surface area contributed by atoms with Crippen LogP contribution >= 0.6 is 15.9 Å². The molecule has 0 saturated carbocycles. The SMILES string of the molecule is CCNC(C)c1cccc(-c2occc2Br)c1. The standard InChI is InChI=1S/C14H16BrNO/c1-3-16-10(2)11-5-4-6-12(9-11)14-13(15)7-8-17-14/h4-10,16H,3H2,1-2H3.